The normalized spacial score (nSPS) is 15.9. The Balaban J connectivity index is 1.60. The molecule has 0 bridgehead atoms. The van der Waals surface area contributed by atoms with Crippen LogP contribution in [0.15, 0.2) is 76.1 Å². The van der Waals surface area contributed by atoms with Gasteiger partial charge in [-0.2, -0.15) is 0 Å². The zero-order valence-corrected chi connectivity index (χ0v) is 14.8. The number of para-hydroxylation sites is 1. The first-order valence-corrected chi connectivity index (χ1v) is 8.93. The lowest BCUT2D eigenvalue weighted by atomic mass is 10.1. The van der Waals surface area contributed by atoms with Crippen molar-refractivity contribution in [2.24, 2.45) is 0 Å². The molecule has 0 saturated carbocycles. The number of hydrogen-bond donors (Lipinski definition) is 0. The van der Waals surface area contributed by atoms with Crippen LogP contribution in [0.1, 0.15) is 11.3 Å². The summed E-state index contributed by atoms with van der Waals surface area (Å²) in [5.74, 6) is 0.928. The van der Waals surface area contributed by atoms with Gasteiger partial charge in [-0.15, -0.1) is 0 Å². The predicted octanol–water partition coefficient (Wildman–Crippen LogP) is 5.50. The van der Waals surface area contributed by atoms with E-state index in [9.17, 15) is 9.59 Å². The molecule has 0 aliphatic carbocycles. The summed E-state index contributed by atoms with van der Waals surface area (Å²) in [6, 6.07) is 20.6. The minimum absolute atomic E-state index is 0.308. The van der Waals surface area contributed by atoms with Crippen molar-refractivity contribution >= 4 is 34.7 Å². The molecule has 5 heteroatoms. The van der Waals surface area contributed by atoms with Crippen LogP contribution in [-0.4, -0.2) is 11.1 Å². The molecule has 0 unspecified atom stereocenters. The van der Waals surface area contributed by atoms with Crippen molar-refractivity contribution in [2.75, 3.05) is 4.90 Å². The molecule has 3 aromatic rings. The molecule has 1 fully saturated rings. The lowest BCUT2D eigenvalue weighted by Crippen LogP contribution is -2.27. The molecule has 26 heavy (non-hydrogen) atoms. The van der Waals surface area contributed by atoms with Crippen LogP contribution in [-0.2, 0) is 4.79 Å². The fourth-order valence-electron chi connectivity index (χ4n) is 2.70. The van der Waals surface area contributed by atoms with E-state index < -0.39 is 0 Å². The van der Waals surface area contributed by atoms with Crippen LogP contribution < -0.4 is 4.90 Å². The summed E-state index contributed by atoms with van der Waals surface area (Å²) >= 11 is 0.917. The average Bonchev–Trinajstić information content (AvgIpc) is 3.21. The Morgan fingerprint density at radius 1 is 0.923 bits per heavy atom. The Labute approximate surface area is 155 Å². The number of carbonyl (C=O) groups excluding carboxylic acids is 2. The molecule has 0 spiro atoms. The van der Waals surface area contributed by atoms with E-state index in [0.717, 1.165) is 23.1 Å². The summed E-state index contributed by atoms with van der Waals surface area (Å²) in [6.45, 7) is 2.03. The highest BCUT2D eigenvalue weighted by atomic mass is 32.2. The van der Waals surface area contributed by atoms with Crippen molar-refractivity contribution in [2.45, 2.75) is 6.92 Å². The van der Waals surface area contributed by atoms with Crippen molar-refractivity contribution in [1.29, 1.82) is 0 Å². The van der Waals surface area contributed by atoms with Gasteiger partial charge in [0.1, 0.15) is 11.5 Å². The Morgan fingerprint density at radius 3 is 2.38 bits per heavy atom. The lowest BCUT2D eigenvalue weighted by Gasteiger charge is -2.11. The van der Waals surface area contributed by atoms with Gasteiger partial charge in [0.05, 0.1) is 10.6 Å². The van der Waals surface area contributed by atoms with Gasteiger partial charge >= 0.3 is 0 Å². The number of nitrogens with zero attached hydrogens (tertiary/aromatic N) is 1. The third kappa shape index (κ3) is 3.09. The topological polar surface area (TPSA) is 50.5 Å². The number of amides is 2. The van der Waals surface area contributed by atoms with E-state index >= 15 is 0 Å². The van der Waals surface area contributed by atoms with Gasteiger partial charge < -0.3 is 4.42 Å². The zero-order chi connectivity index (χ0) is 18.1. The van der Waals surface area contributed by atoms with Crippen molar-refractivity contribution in [3.63, 3.8) is 0 Å². The van der Waals surface area contributed by atoms with Crippen LogP contribution in [0, 0.1) is 6.92 Å². The van der Waals surface area contributed by atoms with E-state index in [1.165, 1.54) is 10.5 Å². The van der Waals surface area contributed by atoms with Gasteiger partial charge in [-0.05, 0) is 43.0 Å². The number of thioether (sulfide) groups is 1. The van der Waals surface area contributed by atoms with Gasteiger partial charge in [-0.3, -0.25) is 9.59 Å². The third-order valence-corrected chi connectivity index (χ3v) is 4.91. The highest BCUT2D eigenvalue weighted by molar-refractivity contribution is 8.19. The first-order chi connectivity index (χ1) is 12.6. The molecule has 1 saturated heterocycles. The first-order valence-electron chi connectivity index (χ1n) is 8.12. The maximum atomic E-state index is 12.6. The van der Waals surface area contributed by atoms with Crippen LogP contribution in [0.3, 0.4) is 0 Å². The molecular weight excluding hydrogens is 346 g/mol. The Morgan fingerprint density at radius 2 is 1.65 bits per heavy atom. The second-order valence-corrected chi connectivity index (χ2v) is 6.91. The molecule has 0 atom stereocenters. The lowest BCUT2D eigenvalue weighted by molar-refractivity contribution is -0.113. The summed E-state index contributed by atoms with van der Waals surface area (Å²) in [7, 11) is 0. The quantitative estimate of drug-likeness (QED) is 0.578. The van der Waals surface area contributed by atoms with Crippen LogP contribution in [0.2, 0.25) is 0 Å². The van der Waals surface area contributed by atoms with Crippen molar-refractivity contribution in [3.8, 4) is 11.3 Å². The molecule has 1 aliphatic heterocycles. The van der Waals surface area contributed by atoms with Crippen LogP contribution in [0.5, 0.6) is 0 Å². The Hall–Kier alpha value is -3.05. The average molecular weight is 361 g/mol. The first kappa shape index (κ1) is 16.4. The van der Waals surface area contributed by atoms with Crippen LogP contribution in [0.25, 0.3) is 17.4 Å². The smallest absolute Gasteiger partial charge is 0.298 e. The molecule has 2 amide bonds. The van der Waals surface area contributed by atoms with Gasteiger partial charge in [0.25, 0.3) is 11.1 Å². The largest absolute Gasteiger partial charge is 0.457 e. The number of carbonyl (C=O) groups is 2. The van der Waals surface area contributed by atoms with E-state index in [1.807, 2.05) is 43.3 Å². The molecule has 1 aliphatic rings. The zero-order valence-electron chi connectivity index (χ0n) is 14.0. The van der Waals surface area contributed by atoms with E-state index in [2.05, 4.69) is 0 Å². The molecule has 4 nitrogen and oxygen atoms in total. The standard InChI is InChI=1S/C21H15NO3S/c1-14-7-9-15(10-8-14)18-12-11-17(25-18)13-19-20(23)22(21(24)26-19)16-5-3-2-4-6-16/h2-13H,1H3/b19-13-. The SMILES string of the molecule is Cc1ccc(-c2ccc(/C=C3\SC(=O)N(c4ccccc4)C3=O)o2)cc1. The predicted molar refractivity (Wildman–Crippen MR) is 104 cm³/mol. The fraction of sp³-hybridized carbons (Fsp3) is 0.0476. The summed E-state index contributed by atoms with van der Waals surface area (Å²) < 4.78 is 5.82. The summed E-state index contributed by atoms with van der Waals surface area (Å²) in [5.41, 5.74) is 2.71. The van der Waals surface area contributed by atoms with E-state index in [0.29, 0.717) is 16.4 Å². The van der Waals surface area contributed by atoms with Gasteiger partial charge in [0.15, 0.2) is 0 Å². The van der Waals surface area contributed by atoms with Gasteiger partial charge in [-0.1, -0.05) is 48.0 Å². The maximum Gasteiger partial charge on any atom is 0.298 e. The Bertz CT molecular complexity index is 1000. The number of benzene rings is 2. The number of furan rings is 1. The Kier molecular flexibility index (Phi) is 4.22. The molecule has 1 aromatic heterocycles. The monoisotopic (exact) mass is 361 g/mol. The number of hydrogen-bond acceptors (Lipinski definition) is 4. The second kappa shape index (κ2) is 6.69. The molecular formula is C21H15NO3S. The maximum absolute atomic E-state index is 12.6. The van der Waals surface area contributed by atoms with Gasteiger partial charge in [-0.25, -0.2) is 4.90 Å². The van der Waals surface area contributed by atoms with Gasteiger partial charge in [0, 0.05) is 11.6 Å². The molecule has 2 aromatic carbocycles. The molecule has 128 valence electrons. The van der Waals surface area contributed by atoms with E-state index in [1.54, 1.807) is 36.4 Å². The number of aryl methyl sites for hydroxylation is 1. The molecule has 4 rings (SSSR count). The van der Waals surface area contributed by atoms with E-state index in [-0.39, 0.29) is 11.1 Å². The highest BCUT2D eigenvalue weighted by Crippen LogP contribution is 2.36. The molecule has 2 heterocycles. The van der Waals surface area contributed by atoms with Crippen molar-refractivity contribution in [1.82, 2.24) is 0 Å². The number of anilines is 1. The number of imide groups is 1. The summed E-state index contributed by atoms with van der Waals surface area (Å²) in [6.07, 6.45) is 1.62. The molecule has 0 N–H and O–H groups in total. The summed E-state index contributed by atoms with van der Waals surface area (Å²) in [4.78, 5) is 26.4. The van der Waals surface area contributed by atoms with E-state index in [4.69, 9.17) is 4.42 Å². The molecule has 0 radical (unpaired) electrons. The highest BCUT2D eigenvalue weighted by Gasteiger charge is 2.36. The van der Waals surface area contributed by atoms with Crippen LogP contribution in [0.4, 0.5) is 10.5 Å². The minimum Gasteiger partial charge on any atom is -0.457 e. The third-order valence-electron chi connectivity index (χ3n) is 4.04. The fourth-order valence-corrected chi connectivity index (χ4v) is 3.52. The second-order valence-electron chi connectivity index (χ2n) is 5.92. The van der Waals surface area contributed by atoms with Crippen molar-refractivity contribution < 1.29 is 14.0 Å². The van der Waals surface area contributed by atoms with Crippen LogP contribution >= 0.6 is 11.8 Å². The van der Waals surface area contributed by atoms with Gasteiger partial charge in [0.2, 0.25) is 0 Å². The minimum atomic E-state index is -0.334. The van der Waals surface area contributed by atoms with Crippen molar-refractivity contribution in [3.05, 3.63) is 83.0 Å². The summed E-state index contributed by atoms with van der Waals surface area (Å²) in [5, 5.41) is -0.308. The number of rotatable bonds is 3.